The van der Waals surface area contributed by atoms with Gasteiger partial charge in [0.2, 0.25) is 10.9 Å². The molecular weight excluding hydrogens is 378 g/mol. The molecule has 0 saturated carbocycles. The molecule has 0 aliphatic rings. The third kappa shape index (κ3) is 3.74. The van der Waals surface area contributed by atoms with Crippen LogP contribution in [0.3, 0.4) is 0 Å². The smallest absolute Gasteiger partial charge is 0.251 e. The molecule has 0 unspecified atom stereocenters. The minimum atomic E-state index is -0.169. The number of hydrogen-bond donors (Lipinski definition) is 2. The highest BCUT2D eigenvalue weighted by atomic mass is 32.1. The Morgan fingerprint density at radius 1 is 1.32 bits per heavy atom. The largest absolute Gasteiger partial charge is 0.497 e. The van der Waals surface area contributed by atoms with Gasteiger partial charge in [-0.2, -0.15) is 5.10 Å². The summed E-state index contributed by atoms with van der Waals surface area (Å²) in [6, 6.07) is 7.28. The third-order valence-electron chi connectivity index (χ3n) is 4.54. The molecule has 28 heavy (non-hydrogen) atoms. The lowest BCUT2D eigenvalue weighted by Gasteiger charge is -2.07. The first kappa shape index (κ1) is 18.2. The molecular formula is C19H19N5O3S. The number of fused-ring (bicyclic) bond motifs is 2. The molecule has 4 aromatic rings. The topological polar surface area (TPSA) is 101 Å². The Labute approximate surface area is 164 Å². The Balaban J connectivity index is 1.34. The highest BCUT2D eigenvalue weighted by Gasteiger charge is 2.09. The summed E-state index contributed by atoms with van der Waals surface area (Å²) in [6.45, 7) is 0.510. The van der Waals surface area contributed by atoms with Crippen LogP contribution in [0.2, 0.25) is 0 Å². The molecule has 0 aliphatic carbocycles. The fourth-order valence-electron chi connectivity index (χ4n) is 3.05. The molecule has 9 heteroatoms. The quantitative estimate of drug-likeness (QED) is 0.496. The molecule has 3 heterocycles. The van der Waals surface area contributed by atoms with Gasteiger partial charge in [0.05, 0.1) is 12.8 Å². The monoisotopic (exact) mass is 397 g/mol. The predicted octanol–water partition coefficient (Wildman–Crippen LogP) is 1.93. The molecule has 144 valence electrons. The summed E-state index contributed by atoms with van der Waals surface area (Å²) < 4.78 is 7.00. The number of methoxy groups -OCH3 is 1. The Morgan fingerprint density at radius 2 is 2.21 bits per heavy atom. The van der Waals surface area contributed by atoms with Gasteiger partial charge in [0.1, 0.15) is 12.1 Å². The molecule has 8 nitrogen and oxygen atoms in total. The number of H-pyrrole nitrogens is 1. The zero-order chi connectivity index (χ0) is 19.5. The number of ether oxygens (including phenoxy) is 1. The number of aromatic nitrogens is 4. The van der Waals surface area contributed by atoms with E-state index in [-0.39, 0.29) is 17.9 Å². The average Bonchev–Trinajstić information content (AvgIpc) is 3.31. The van der Waals surface area contributed by atoms with Crippen molar-refractivity contribution in [2.45, 2.75) is 19.3 Å². The van der Waals surface area contributed by atoms with Crippen LogP contribution in [0.25, 0.3) is 15.9 Å². The van der Waals surface area contributed by atoms with E-state index in [9.17, 15) is 9.59 Å². The summed E-state index contributed by atoms with van der Waals surface area (Å²) in [4.78, 5) is 32.2. The van der Waals surface area contributed by atoms with Crippen molar-refractivity contribution in [3.05, 3.63) is 57.6 Å². The average molecular weight is 397 g/mol. The highest BCUT2D eigenvalue weighted by Crippen LogP contribution is 2.19. The van der Waals surface area contributed by atoms with Crippen LogP contribution in [-0.2, 0) is 17.6 Å². The van der Waals surface area contributed by atoms with Crippen LogP contribution in [0.1, 0.15) is 17.7 Å². The van der Waals surface area contributed by atoms with E-state index in [1.54, 1.807) is 17.7 Å². The normalized spacial score (nSPS) is 11.2. The summed E-state index contributed by atoms with van der Waals surface area (Å²) in [5.41, 5.74) is 2.17. The standard InChI is InChI=1S/C19H19N5O3S/c1-27-15-3-4-16-13(9-15)8-12(18(26)23-16)2-5-17(25)20-7-6-14-10-28-19-21-11-22-24(14)19/h3-4,8-11H,2,5-7H2,1H3,(H,20,25)(H,23,26). The van der Waals surface area contributed by atoms with Crippen molar-refractivity contribution >= 4 is 33.1 Å². The molecule has 0 saturated heterocycles. The number of pyridine rings is 1. The number of nitrogens with one attached hydrogen (secondary N) is 2. The minimum absolute atomic E-state index is 0.0878. The summed E-state index contributed by atoms with van der Waals surface area (Å²) in [5, 5.41) is 9.92. The minimum Gasteiger partial charge on any atom is -0.497 e. The summed E-state index contributed by atoms with van der Waals surface area (Å²) >= 11 is 1.52. The van der Waals surface area contributed by atoms with Crippen LogP contribution in [-0.4, -0.2) is 39.1 Å². The molecule has 1 amide bonds. The van der Waals surface area contributed by atoms with E-state index in [4.69, 9.17) is 4.74 Å². The number of carbonyl (C=O) groups excluding carboxylic acids is 1. The number of rotatable bonds is 7. The molecule has 2 N–H and O–H groups in total. The van der Waals surface area contributed by atoms with Crippen LogP contribution >= 0.6 is 11.3 Å². The molecule has 1 aromatic carbocycles. The number of amides is 1. The Bertz CT molecular complexity index is 1190. The van der Waals surface area contributed by atoms with Crippen LogP contribution < -0.4 is 15.6 Å². The molecule has 0 atom stereocenters. The fraction of sp³-hybridized carbons (Fsp3) is 0.263. The van der Waals surface area contributed by atoms with Crippen molar-refractivity contribution in [1.29, 1.82) is 0 Å². The number of nitrogens with zero attached hydrogens (tertiary/aromatic N) is 3. The number of thiazole rings is 1. The van der Waals surface area contributed by atoms with Crippen LogP contribution in [0, 0.1) is 0 Å². The van der Waals surface area contributed by atoms with Gasteiger partial charge in [-0.05, 0) is 30.7 Å². The number of benzene rings is 1. The van der Waals surface area contributed by atoms with Crippen molar-refractivity contribution in [3.63, 3.8) is 0 Å². The molecule has 0 fully saturated rings. The zero-order valence-electron chi connectivity index (χ0n) is 15.3. The second-order valence-electron chi connectivity index (χ2n) is 6.36. The van der Waals surface area contributed by atoms with Gasteiger partial charge >= 0.3 is 0 Å². The number of aromatic amines is 1. The van der Waals surface area contributed by atoms with Crippen molar-refractivity contribution in [3.8, 4) is 5.75 Å². The number of carbonyl (C=O) groups is 1. The van der Waals surface area contributed by atoms with E-state index in [1.165, 1.54) is 17.7 Å². The first-order valence-corrected chi connectivity index (χ1v) is 9.75. The van der Waals surface area contributed by atoms with Crippen molar-refractivity contribution in [1.82, 2.24) is 24.9 Å². The van der Waals surface area contributed by atoms with Gasteiger partial charge in [0.15, 0.2) is 0 Å². The second kappa shape index (κ2) is 7.81. The second-order valence-corrected chi connectivity index (χ2v) is 7.19. The van der Waals surface area contributed by atoms with Crippen molar-refractivity contribution in [2.24, 2.45) is 0 Å². The Morgan fingerprint density at radius 3 is 3.07 bits per heavy atom. The van der Waals surface area contributed by atoms with Gasteiger partial charge in [0, 0.05) is 41.2 Å². The molecule has 0 spiro atoms. The van der Waals surface area contributed by atoms with Crippen LogP contribution in [0.15, 0.2) is 40.8 Å². The predicted molar refractivity (Wildman–Crippen MR) is 107 cm³/mol. The molecule has 0 bridgehead atoms. The summed E-state index contributed by atoms with van der Waals surface area (Å²) in [7, 11) is 1.60. The van der Waals surface area contributed by atoms with E-state index >= 15 is 0 Å². The zero-order valence-corrected chi connectivity index (χ0v) is 16.1. The van der Waals surface area contributed by atoms with Gasteiger partial charge in [-0.1, -0.05) is 0 Å². The van der Waals surface area contributed by atoms with Gasteiger partial charge in [-0.25, -0.2) is 9.50 Å². The first-order chi connectivity index (χ1) is 13.6. The lowest BCUT2D eigenvalue weighted by molar-refractivity contribution is -0.121. The van der Waals surface area contributed by atoms with Crippen molar-refractivity contribution in [2.75, 3.05) is 13.7 Å². The lowest BCUT2D eigenvalue weighted by atomic mass is 10.1. The van der Waals surface area contributed by atoms with Crippen LogP contribution in [0.5, 0.6) is 5.75 Å². The van der Waals surface area contributed by atoms with Gasteiger partial charge in [-0.15, -0.1) is 11.3 Å². The van der Waals surface area contributed by atoms with Crippen molar-refractivity contribution < 1.29 is 9.53 Å². The van der Waals surface area contributed by atoms with E-state index < -0.39 is 0 Å². The van der Waals surface area contributed by atoms with E-state index in [0.717, 1.165) is 27.3 Å². The SMILES string of the molecule is COc1ccc2[nH]c(=O)c(CCC(=O)NCCc3csc4ncnn34)cc2c1. The van der Waals surface area contributed by atoms with Crippen LogP contribution in [0.4, 0.5) is 0 Å². The summed E-state index contributed by atoms with van der Waals surface area (Å²) in [6.07, 6.45) is 2.82. The highest BCUT2D eigenvalue weighted by molar-refractivity contribution is 7.15. The van der Waals surface area contributed by atoms with E-state index in [0.29, 0.717) is 24.9 Å². The molecule has 0 radical (unpaired) electrons. The number of aryl methyl sites for hydroxylation is 1. The molecule has 3 aromatic heterocycles. The fourth-order valence-corrected chi connectivity index (χ4v) is 3.88. The lowest BCUT2D eigenvalue weighted by Crippen LogP contribution is -2.27. The first-order valence-electron chi connectivity index (χ1n) is 8.87. The van der Waals surface area contributed by atoms with E-state index in [2.05, 4.69) is 20.4 Å². The van der Waals surface area contributed by atoms with E-state index in [1.807, 2.05) is 23.6 Å². The number of hydrogen-bond acceptors (Lipinski definition) is 6. The third-order valence-corrected chi connectivity index (χ3v) is 5.42. The molecule has 0 aliphatic heterocycles. The molecule has 4 rings (SSSR count). The van der Waals surface area contributed by atoms with Gasteiger partial charge in [-0.3, -0.25) is 9.59 Å². The maximum Gasteiger partial charge on any atom is 0.251 e. The summed E-state index contributed by atoms with van der Waals surface area (Å²) in [5.74, 6) is 0.633. The Hall–Kier alpha value is -3.20. The maximum absolute atomic E-state index is 12.2. The van der Waals surface area contributed by atoms with Gasteiger partial charge in [0.25, 0.3) is 5.56 Å². The van der Waals surface area contributed by atoms with Gasteiger partial charge < -0.3 is 15.0 Å². The maximum atomic E-state index is 12.2. The Kier molecular flexibility index (Phi) is 5.07.